The lowest BCUT2D eigenvalue weighted by molar-refractivity contribution is 0.661. The van der Waals surface area contributed by atoms with Gasteiger partial charge in [-0.25, -0.2) is 0 Å². The van der Waals surface area contributed by atoms with Gasteiger partial charge in [0.25, 0.3) is 0 Å². The van der Waals surface area contributed by atoms with Crippen LogP contribution in [-0.4, -0.2) is 0 Å². The SMILES string of the molecule is CC1(C)c2ccccc2-c2c1cc1ccccc1c2N(c1ccccc1)c1ccc(-c2ccccc2-c2ccccc2-c2ccccc2)cc1. The van der Waals surface area contributed by atoms with Gasteiger partial charge in [0.2, 0.25) is 0 Å². The highest BCUT2D eigenvalue weighted by atomic mass is 15.1. The molecule has 0 aromatic heterocycles. The van der Waals surface area contributed by atoms with Gasteiger partial charge in [0.1, 0.15) is 0 Å². The van der Waals surface area contributed by atoms with Gasteiger partial charge in [-0.15, -0.1) is 0 Å². The monoisotopic (exact) mass is 639 g/mol. The summed E-state index contributed by atoms with van der Waals surface area (Å²) in [6, 6.07) is 68.5. The molecule has 0 radical (unpaired) electrons. The van der Waals surface area contributed by atoms with Crippen molar-refractivity contribution < 1.29 is 0 Å². The van der Waals surface area contributed by atoms with Crippen molar-refractivity contribution in [3.8, 4) is 44.5 Å². The quantitative estimate of drug-likeness (QED) is 0.175. The third-order valence-corrected chi connectivity index (χ3v) is 10.5. The van der Waals surface area contributed by atoms with Crippen molar-refractivity contribution in [2.24, 2.45) is 0 Å². The molecule has 1 aliphatic carbocycles. The van der Waals surface area contributed by atoms with Gasteiger partial charge in [0.05, 0.1) is 5.69 Å². The van der Waals surface area contributed by atoms with Crippen molar-refractivity contribution in [1.29, 1.82) is 0 Å². The van der Waals surface area contributed by atoms with Crippen LogP contribution in [-0.2, 0) is 5.41 Å². The van der Waals surface area contributed by atoms with Crippen LogP contribution in [0.2, 0.25) is 0 Å². The Bertz CT molecular complexity index is 2490. The maximum atomic E-state index is 2.47. The fraction of sp³-hybridized carbons (Fsp3) is 0.0612. The van der Waals surface area contributed by atoms with E-state index < -0.39 is 0 Å². The van der Waals surface area contributed by atoms with Gasteiger partial charge in [0.15, 0.2) is 0 Å². The summed E-state index contributed by atoms with van der Waals surface area (Å²) in [5.74, 6) is 0. The van der Waals surface area contributed by atoms with E-state index in [-0.39, 0.29) is 5.41 Å². The van der Waals surface area contributed by atoms with Gasteiger partial charge in [-0.05, 0) is 85.8 Å². The minimum atomic E-state index is -0.114. The molecule has 0 unspecified atom stereocenters. The molecular weight excluding hydrogens is 603 g/mol. The number of hydrogen-bond donors (Lipinski definition) is 0. The van der Waals surface area contributed by atoms with Crippen molar-refractivity contribution in [2.75, 3.05) is 4.90 Å². The van der Waals surface area contributed by atoms with E-state index in [1.54, 1.807) is 0 Å². The summed E-state index contributed by atoms with van der Waals surface area (Å²) in [5, 5.41) is 2.50. The molecule has 9 rings (SSSR count). The minimum absolute atomic E-state index is 0.114. The third kappa shape index (κ3) is 4.85. The van der Waals surface area contributed by atoms with Crippen LogP contribution in [0.1, 0.15) is 25.0 Å². The Morgan fingerprint density at radius 2 is 0.860 bits per heavy atom. The highest BCUT2D eigenvalue weighted by molar-refractivity contribution is 6.09. The fourth-order valence-corrected chi connectivity index (χ4v) is 8.05. The number of nitrogens with zero attached hydrogens (tertiary/aromatic N) is 1. The second kappa shape index (κ2) is 12.1. The number of anilines is 3. The Balaban J connectivity index is 1.23. The first-order valence-electron chi connectivity index (χ1n) is 17.5. The predicted octanol–water partition coefficient (Wildman–Crippen LogP) is 13.6. The fourth-order valence-electron chi connectivity index (χ4n) is 8.05. The number of hydrogen-bond acceptors (Lipinski definition) is 1. The van der Waals surface area contributed by atoms with E-state index in [0.717, 1.165) is 11.4 Å². The molecule has 0 fully saturated rings. The third-order valence-electron chi connectivity index (χ3n) is 10.5. The Morgan fingerprint density at radius 1 is 0.380 bits per heavy atom. The summed E-state index contributed by atoms with van der Waals surface area (Å²) in [5.41, 5.74) is 16.1. The van der Waals surface area contributed by atoms with E-state index in [1.165, 1.54) is 72.1 Å². The Kier molecular flexibility index (Phi) is 7.21. The van der Waals surface area contributed by atoms with E-state index in [4.69, 9.17) is 0 Å². The number of benzene rings is 8. The van der Waals surface area contributed by atoms with Crippen LogP contribution < -0.4 is 4.90 Å². The summed E-state index contributed by atoms with van der Waals surface area (Å²) >= 11 is 0. The van der Waals surface area contributed by atoms with Gasteiger partial charge >= 0.3 is 0 Å². The molecule has 0 saturated carbocycles. The number of fused-ring (bicyclic) bond motifs is 4. The first-order chi connectivity index (χ1) is 24.6. The summed E-state index contributed by atoms with van der Waals surface area (Å²) in [6.07, 6.45) is 0. The van der Waals surface area contributed by atoms with Gasteiger partial charge < -0.3 is 4.90 Å². The van der Waals surface area contributed by atoms with Crippen LogP contribution >= 0.6 is 0 Å². The molecule has 0 heterocycles. The number of rotatable bonds is 6. The summed E-state index contributed by atoms with van der Waals surface area (Å²) in [7, 11) is 0. The summed E-state index contributed by atoms with van der Waals surface area (Å²) in [4.78, 5) is 2.47. The van der Waals surface area contributed by atoms with Crippen molar-refractivity contribution >= 4 is 27.8 Å². The van der Waals surface area contributed by atoms with Crippen LogP contribution in [0.5, 0.6) is 0 Å². The maximum absolute atomic E-state index is 2.47. The van der Waals surface area contributed by atoms with Crippen molar-refractivity contribution in [3.05, 3.63) is 199 Å². The molecule has 50 heavy (non-hydrogen) atoms. The molecule has 0 saturated heterocycles. The highest BCUT2D eigenvalue weighted by Gasteiger charge is 2.38. The van der Waals surface area contributed by atoms with E-state index in [0.29, 0.717) is 0 Å². The molecule has 0 N–H and O–H groups in total. The lowest BCUT2D eigenvalue weighted by Gasteiger charge is -2.30. The average Bonchev–Trinajstić information content (AvgIpc) is 3.41. The van der Waals surface area contributed by atoms with Gasteiger partial charge in [0, 0.05) is 27.7 Å². The molecule has 238 valence electrons. The molecule has 1 heteroatoms. The van der Waals surface area contributed by atoms with Crippen LogP contribution in [0.25, 0.3) is 55.3 Å². The zero-order valence-corrected chi connectivity index (χ0v) is 28.3. The number of para-hydroxylation sites is 1. The average molecular weight is 640 g/mol. The molecular formula is C49H37N. The maximum Gasteiger partial charge on any atom is 0.0621 e. The van der Waals surface area contributed by atoms with Gasteiger partial charge in [-0.1, -0.05) is 172 Å². The van der Waals surface area contributed by atoms with E-state index >= 15 is 0 Å². The van der Waals surface area contributed by atoms with Crippen LogP contribution in [0.4, 0.5) is 17.1 Å². The zero-order valence-electron chi connectivity index (χ0n) is 28.3. The second-order valence-corrected chi connectivity index (χ2v) is 13.7. The first kappa shape index (κ1) is 29.9. The van der Waals surface area contributed by atoms with E-state index in [2.05, 4.69) is 207 Å². The minimum Gasteiger partial charge on any atom is -0.309 e. The molecule has 8 aromatic rings. The molecule has 1 aliphatic rings. The second-order valence-electron chi connectivity index (χ2n) is 13.7. The largest absolute Gasteiger partial charge is 0.309 e. The van der Waals surface area contributed by atoms with Crippen LogP contribution in [0.15, 0.2) is 188 Å². The van der Waals surface area contributed by atoms with Crippen LogP contribution in [0.3, 0.4) is 0 Å². The summed E-state index contributed by atoms with van der Waals surface area (Å²) in [6.45, 7) is 4.73. The Hall–Kier alpha value is -6.18. The van der Waals surface area contributed by atoms with Crippen molar-refractivity contribution in [1.82, 2.24) is 0 Å². The van der Waals surface area contributed by atoms with Gasteiger partial charge in [-0.2, -0.15) is 0 Å². The lowest BCUT2D eigenvalue weighted by Crippen LogP contribution is -2.16. The Labute approximate surface area is 294 Å². The molecule has 0 spiro atoms. The van der Waals surface area contributed by atoms with Crippen molar-refractivity contribution in [3.63, 3.8) is 0 Å². The molecule has 0 bridgehead atoms. The Morgan fingerprint density at radius 3 is 1.52 bits per heavy atom. The predicted molar refractivity (Wildman–Crippen MR) is 213 cm³/mol. The molecule has 0 amide bonds. The topological polar surface area (TPSA) is 3.24 Å². The molecule has 0 aliphatic heterocycles. The normalized spacial score (nSPS) is 12.8. The first-order valence-corrected chi connectivity index (χ1v) is 17.5. The smallest absolute Gasteiger partial charge is 0.0621 e. The molecule has 8 aromatic carbocycles. The van der Waals surface area contributed by atoms with Gasteiger partial charge in [-0.3, -0.25) is 0 Å². The molecule has 0 atom stereocenters. The van der Waals surface area contributed by atoms with E-state index in [9.17, 15) is 0 Å². The lowest BCUT2D eigenvalue weighted by atomic mass is 9.81. The zero-order chi connectivity index (χ0) is 33.7. The summed E-state index contributed by atoms with van der Waals surface area (Å²) < 4.78 is 0. The molecule has 1 nitrogen and oxygen atoms in total. The standard InChI is InChI=1S/C49H37N/c1-49(2)45-28-16-15-27-44(45)47-46(49)33-36-19-9-10-24-41(36)48(47)50(37-20-7-4-8-21-37)38-31-29-35(30-32-38)40-23-12-14-26-43(40)42-25-13-11-22-39(42)34-17-5-3-6-18-34/h3-33H,1-2H3. The highest BCUT2D eigenvalue weighted by Crippen LogP contribution is 2.56. The van der Waals surface area contributed by atoms with Crippen LogP contribution in [0, 0.1) is 0 Å². The van der Waals surface area contributed by atoms with Crippen molar-refractivity contribution in [2.45, 2.75) is 19.3 Å². The van der Waals surface area contributed by atoms with E-state index in [1.807, 2.05) is 0 Å².